The van der Waals surface area contributed by atoms with Gasteiger partial charge in [0.15, 0.2) is 0 Å². The Morgan fingerprint density at radius 2 is 1.88 bits per heavy atom. The van der Waals surface area contributed by atoms with Crippen molar-refractivity contribution in [2.45, 2.75) is 84.2 Å². The number of allylic oxidation sites excluding steroid dienone is 1. The van der Waals surface area contributed by atoms with Gasteiger partial charge in [0.2, 0.25) is 11.8 Å². The quantitative estimate of drug-likeness (QED) is 0.387. The molecule has 176 valence electrons. The first kappa shape index (κ1) is 24.8. The van der Waals surface area contributed by atoms with Crippen LogP contribution in [-0.4, -0.2) is 35.2 Å². The van der Waals surface area contributed by atoms with Crippen molar-refractivity contribution in [3.05, 3.63) is 47.0 Å². The lowest BCUT2D eigenvalue weighted by molar-refractivity contribution is -0.139. The molecule has 1 N–H and O–H groups in total. The van der Waals surface area contributed by atoms with E-state index < -0.39 is 6.04 Å². The third-order valence-electron chi connectivity index (χ3n) is 7.48. The zero-order valence-corrected chi connectivity index (χ0v) is 20.7. The molecule has 0 bridgehead atoms. The van der Waals surface area contributed by atoms with E-state index in [1.807, 2.05) is 31.2 Å². The first-order valence-electron chi connectivity index (χ1n) is 12.3. The number of nitrogens with one attached hydrogen (secondary N) is 1. The van der Waals surface area contributed by atoms with Gasteiger partial charge in [0, 0.05) is 12.6 Å². The van der Waals surface area contributed by atoms with E-state index >= 15 is 0 Å². The number of carbonyl (C=O) groups excluding carboxylic acids is 2. The Balaban J connectivity index is 1.85. The summed E-state index contributed by atoms with van der Waals surface area (Å²) in [6.45, 7) is 7.04. The second-order valence-electron chi connectivity index (χ2n) is 9.77. The van der Waals surface area contributed by atoms with Crippen molar-refractivity contribution in [1.29, 1.82) is 0 Å². The highest BCUT2D eigenvalue weighted by Gasteiger charge is 2.35. The summed E-state index contributed by atoms with van der Waals surface area (Å²) in [4.78, 5) is 28.4. The Bertz CT molecular complexity index is 804. The summed E-state index contributed by atoms with van der Waals surface area (Å²) >= 11 is 6.03. The first-order valence-corrected chi connectivity index (χ1v) is 12.8. The number of carbonyl (C=O) groups is 2. The van der Waals surface area contributed by atoms with Gasteiger partial charge < -0.3 is 10.2 Å². The van der Waals surface area contributed by atoms with Crippen molar-refractivity contribution in [1.82, 2.24) is 10.2 Å². The molecule has 1 fully saturated rings. The van der Waals surface area contributed by atoms with Crippen molar-refractivity contribution in [3.63, 3.8) is 0 Å². The van der Waals surface area contributed by atoms with Crippen molar-refractivity contribution in [2.24, 2.45) is 11.8 Å². The van der Waals surface area contributed by atoms with Crippen LogP contribution in [0.5, 0.6) is 0 Å². The molecule has 2 aliphatic rings. The van der Waals surface area contributed by atoms with Gasteiger partial charge in [-0.25, -0.2) is 0 Å². The van der Waals surface area contributed by atoms with E-state index in [9.17, 15) is 9.59 Å². The molecule has 0 saturated heterocycles. The van der Waals surface area contributed by atoms with Gasteiger partial charge in [0.25, 0.3) is 0 Å². The van der Waals surface area contributed by atoms with E-state index in [-0.39, 0.29) is 23.7 Å². The number of hydrogen-bond donors (Lipinski definition) is 1. The minimum absolute atomic E-state index is 0.0871. The van der Waals surface area contributed by atoms with E-state index in [1.165, 1.54) is 24.8 Å². The third kappa shape index (κ3) is 6.37. The average molecular weight is 459 g/mol. The highest BCUT2D eigenvalue weighted by molar-refractivity contribution is 6.27. The van der Waals surface area contributed by atoms with Crippen LogP contribution in [0.25, 0.3) is 0 Å². The van der Waals surface area contributed by atoms with Crippen LogP contribution in [0.1, 0.15) is 82.4 Å². The van der Waals surface area contributed by atoms with E-state index in [1.54, 1.807) is 4.90 Å². The molecule has 3 rings (SSSR count). The fourth-order valence-corrected chi connectivity index (χ4v) is 5.29. The number of amides is 2. The number of halogens is 1. The molecule has 1 aromatic rings. The minimum atomic E-state index is -0.657. The van der Waals surface area contributed by atoms with Crippen molar-refractivity contribution in [3.8, 4) is 0 Å². The van der Waals surface area contributed by atoms with Crippen LogP contribution >= 0.6 is 11.6 Å². The SMILES string of the molecule is Cc1ccc([C@H](C(=O)N[C@@H]2CCC[C@@H](C)[C@@H]2C)N(CCC2=CCCCC2)C(=O)CCl)cc1. The molecular formula is C27H39ClN2O2. The van der Waals surface area contributed by atoms with Crippen LogP contribution in [0.3, 0.4) is 0 Å². The van der Waals surface area contributed by atoms with Gasteiger partial charge in [-0.1, -0.05) is 68.2 Å². The molecule has 1 aromatic carbocycles. The highest BCUT2D eigenvalue weighted by atomic mass is 35.5. The van der Waals surface area contributed by atoms with Crippen LogP contribution in [0, 0.1) is 18.8 Å². The zero-order valence-electron chi connectivity index (χ0n) is 19.9. The molecule has 0 aliphatic heterocycles. The molecule has 4 atom stereocenters. The molecule has 2 amide bonds. The van der Waals surface area contributed by atoms with Gasteiger partial charge in [-0.2, -0.15) is 0 Å². The second kappa shape index (κ2) is 11.9. The van der Waals surface area contributed by atoms with Crippen LogP contribution in [0.4, 0.5) is 0 Å². The molecule has 5 heteroatoms. The van der Waals surface area contributed by atoms with Crippen molar-refractivity contribution < 1.29 is 9.59 Å². The summed E-state index contributed by atoms with van der Waals surface area (Å²) in [5.74, 6) is 0.623. The van der Waals surface area contributed by atoms with Gasteiger partial charge in [-0.3, -0.25) is 9.59 Å². The summed E-state index contributed by atoms with van der Waals surface area (Å²) in [5.41, 5.74) is 3.37. The van der Waals surface area contributed by atoms with Crippen molar-refractivity contribution >= 4 is 23.4 Å². The summed E-state index contributed by atoms with van der Waals surface area (Å²) in [7, 11) is 0. The van der Waals surface area contributed by atoms with Crippen LogP contribution in [0.2, 0.25) is 0 Å². The lowest BCUT2D eigenvalue weighted by Gasteiger charge is -2.37. The lowest BCUT2D eigenvalue weighted by Crippen LogP contribution is -2.50. The van der Waals surface area contributed by atoms with Gasteiger partial charge in [-0.05, 0) is 62.8 Å². The van der Waals surface area contributed by atoms with E-state index in [0.717, 1.165) is 43.2 Å². The molecule has 0 spiro atoms. The molecule has 32 heavy (non-hydrogen) atoms. The van der Waals surface area contributed by atoms with Gasteiger partial charge >= 0.3 is 0 Å². The zero-order chi connectivity index (χ0) is 23.1. The second-order valence-corrected chi connectivity index (χ2v) is 10.0. The maximum atomic E-state index is 13.7. The number of nitrogens with zero attached hydrogens (tertiary/aromatic N) is 1. The number of hydrogen-bond acceptors (Lipinski definition) is 2. The predicted octanol–water partition coefficient (Wildman–Crippen LogP) is 5.93. The van der Waals surface area contributed by atoms with Crippen molar-refractivity contribution in [2.75, 3.05) is 12.4 Å². The Hall–Kier alpha value is -1.81. The Labute approximate surface area is 198 Å². The summed E-state index contributed by atoms with van der Waals surface area (Å²) < 4.78 is 0. The fraction of sp³-hybridized carbons (Fsp3) is 0.630. The molecule has 0 aromatic heterocycles. The molecule has 0 radical (unpaired) electrons. The Kier molecular flexibility index (Phi) is 9.22. The smallest absolute Gasteiger partial charge is 0.247 e. The van der Waals surface area contributed by atoms with Gasteiger partial charge in [0.1, 0.15) is 11.9 Å². The third-order valence-corrected chi connectivity index (χ3v) is 7.71. The van der Waals surface area contributed by atoms with E-state index in [0.29, 0.717) is 18.4 Å². The molecule has 4 nitrogen and oxygen atoms in total. The summed E-state index contributed by atoms with van der Waals surface area (Å²) in [5, 5.41) is 3.32. The number of rotatable bonds is 8. The first-order chi connectivity index (χ1) is 15.4. The van der Waals surface area contributed by atoms with Crippen LogP contribution in [-0.2, 0) is 9.59 Å². The minimum Gasteiger partial charge on any atom is -0.351 e. The molecular weight excluding hydrogens is 420 g/mol. The van der Waals surface area contributed by atoms with Gasteiger partial charge in [0.05, 0.1) is 0 Å². The predicted molar refractivity (Wildman–Crippen MR) is 132 cm³/mol. The van der Waals surface area contributed by atoms with Gasteiger partial charge in [-0.15, -0.1) is 11.6 Å². The maximum absolute atomic E-state index is 13.7. The standard InChI is InChI=1S/C27H39ClN2O2/c1-19-12-14-23(15-13-19)26(27(32)29-24-11-7-8-20(2)21(24)3)30(25(31)18-28)17-16-22-9-5-4-6-10-22/h9,12-15,20-21,24,26H,4-8,10-11,16-18H2,1-3H3,(H,29,32)/t20-,21+,24-,26-/m1/s1. The van der Waals surface area contributed by atoms with Crippen LogP contribution < -0.4 is 5.32 Å². The highest BCUT2D eigenvalue weighted by Crippen LogP contribution is 2.31. The molecule has 0 heterocycles. The monoisotopic (exact) mass is 458 g/mol. The summed E-state index contributed by atoms with van der Waals surface area (Å²) in [6.07, 6.45) is 11.1. The molecule has 0 unspecified atom stereocenters. The topological polar surface area (TPSA) is 49.4 Å². The van der Waals surface area contributed by atoms with E-state index in [2.05, 4.69) is 25.2 Å². The molecule has 1 saturated carbocycles. The summed E-state index contributed by atoms with van der Waals surface area (Å²) in [6, 6.07) is 7.45. The lowest BCUT2D eigenvalue weighted by atomic mass is 9.78. The molecule has 2 aliphatic carbocycles. The number of benzene rings is 1. The van der Waals surface area contributed by atoms with E-state index in [4.69, 9.17) is 11.6 Å². The van der Waals surface area contributed by atoms with Crippen LogP contribution in [0.15, 0.2) is 35.9 Å². The largest absolute Gasteiger partial charge is 0.351 e. The Morgan fingerprint density at radius 3 is 2.53 bits per heavy atom. The number of alkyl halides is 1. The normalized spacial score (nSPS) is 24.4. The fourth-order valence-electron chi connectivity index (χ4n) is 5.14. The average Bonchev–Trinajstić information content (AvgIpc) is 2.80. The maximum Gasteiger partial charge on any atom is 0.247 e. The Morgan fingerprint density at radius 1 is 1.12 bits per heavy atom. The number of aryl methyl sites for hydroxylation is 1.